The summed E-state index contributed by atoms with van der Waals surface area (Å²) in [4.78, 5) is 13.3. The molecule has 0 unspecified atom stereocenters. The third-order valence-electron chi connectivity index (χ3n) is 3.88. The molecule has 1 aliphatic heterocycles. The van der Waals surface area contributed by atoms with Gasteiger partial charge in [0.2, 0.25) is 15.9 Å². The van der Waals surface area contributed by atoms with Crippen molar-refractivity contribution in [3.8, 4) is 5.75 Å². The summed E-state index contributed by atoms with van der Waals surface area (Å²) in [5.41, 5.74) is 0. The zero-order valence-corrected chi connectivity index (χ0v) is 14.9. The van der Waals surface area contributed by atoms with Gasteiger partial charge in [0.1, 0.15) is 12.3 Å². The summed E-state index contributed by atoms with van der Waals surface area (Å²) in [6, 6.07) is 6.00. The van der Waals surface area contributed by atoms with Crippen LogP contribution in [0, 0.1) is 0 Å². The summed E-state index contributed by atoms with van der Waals surface area (Å²) in [6.45, 7) is -0.754. The molecular formula is C15H20F3N3O4S. The maximum Gasteiger partial charge on any atom is 0.405 e. The van der Waals surface area contributed by atoms with E-state index in [0.717, 1.165) is 0 Å². The van der Waals surface area contributed by atoms with Gasteiger partial charge in [-0.05, 0) is 24.3 Å². The van der Waals surface area contributed by atoms with Crippen molar-refractivity contribution >= 4 is 15.9 Å². The highest BCUT2D eigenvalue weighted by atomic mass is 32.2. The number of hydrogen-bond donors (Lipinski definition) is 1. The van der Waals surface area contributed by atoms with Gasteiger partial charge in [-0.1, -0.05) is 0 Å². The van der Waals surface area contributed by atoms with Crippen molar-refractivity contribution in [2.24, 2.45) is 0 Å². The Balaban J connectivity index is 1.87. The first-order chi connectivity index (χ1) is 12.1. The van der Waals surface area contributed by atoms with Gasteiger partial charge in [-0.3, -0.25) is 9.69 Å². The van der Waals surface area contributed by atoms with Crippen molar-refractivity contribution < 1.29 is 31.1 Å². The number of carbonyl (C=O) groups is 1. The molecule has 1 aliphatic rings. The molecule has 2 rings (SSSR count). The molecule has 0 bridgehead atoms. The molecule has 0 aromatic heterocycles. The van der Waals surface area contributed by atoms with Crippen LogP contribution in [0.2, 0.25) is 0 Å². The van der Waals surface area contributed by atoms with E-state index in [1.54, 1.807) is 22.3 Å². The molecule has 1 fully saturated rings. The van der Waals surface area contributed by atoms with Crippen LogP contribution in [0.3, 0.4) is 0 Å². The second-order valence-corrected chi connectivity index (χ2v) is 7.69. The van der Waals surface area contributed by atoms with Crippen LogP contribution in [0.15, 0.2) is 29.2 Å². The lowest BCUT2D eigenvalue weighted by atomic mass is 10.3. The van der Waals surface area contributed by atoms with Gasteiger partial charge in [-0.25, -0.2) is 8.42 Å². The van der Waals surface area contributed by atoms with Crippen LogP contribution in [-0.4, -0.2) is 76.1 Å². The number of methoxy groups -OCH3 is 1. The van der Waals surface area contributed by atoms with Gasteiger partial charge < -0.3 is 10.1 Å². The SMILES string of the molecule is COc1ccc(S(=O)(=O)N2CCN(CC(=O)NCC(F)(F)F)CC2)cc1. The maximum atomic E-state index is 12.6. The minimum atomic E-state index is -4.46. The van der Waals surface area contributed by atoms with Crippen molar-refractivity contribution in [1.82, 2.24) is 14.5 Å². The Morgan fingerprint density at radius 1 is 1.15 bits per heavy atom. The van der Waals surface area contributed by atoms with E-state index in [4.69, 9.17) is 4.74 Å². The minimum Gasteiger partial charge on any atom is -0.497 e. The standard InChI is InChI=1S/C15H20F3N3O4S/c1-25-12-2-4-13(5-3-12)26(23,24)21-8-6-20(7-9-21)10-14(22)19-11-15(16,17)18/h2-5H,6-11H2,1H3,(H,19,22). The Hall–Kier alpha value is -1.85. The number of alkyl halides is 3. The van der Waals surface area contributed by atoms with Gasteiger partial charge >= 0.3 is 6.18 Å². The van der Waals surface area contributed by atoms with Crippen LogP contribution < -0.4 is 10.1 Å². The number of amides is 1. The number of carbonyl (C=O) groups excluding carboxylic acids is 1. The minimum absolute atomic E-state index is 0.134. The Bertz CT molecular complexity index is 715. The zero-order valence-electron chi connectivity index (χ0n) is 14.1. The Labute approximate surface area is 149 Å². The lowest BCUT2D eigenvalue weighted by Gasteiger charge is -2.33. The third-order valence-corrected chi connectivity index (χ3v) is 5.79. The normalized spacial score (nSPS) is 17.1. The van der Waals surface area contributed by atoms with Crippen molar-refractivity contribution in [2.45, 2.75) is 11.1 Å². The first kappa shape index (κ1) is 20.5. The number of piperazine rings is 1. The third kappa shape index (κ3) is 5.58. The maximum absolute atomic E-state index is 12.6. The molecule has 11 heteroatoms. The molecule has 0 aliphatic carbocycles. The summed E-state index contributed by atoms with van der Waals surface area (Å²) in [6.07, 6.45) is -4.46. The van der Waals surface area contributed by atoms with Gasteiger partial charge in [0.15, 0.2) is 0 Å². The predicted octanol–water partition coefficient (Wildman–Crippen LogP) is 0.680. The Kier molecular flexibility index (Phi) is 6.48. The van der Waals surface area contributed by atoms with E-state index in [1.165, 1.54) is 23.5 Å². The van der Waals surface area contributed by atoms with E-state index in [2.05, 4.69) is 0 Å². The molecule has 0 saturated carbocycles. The predicted molar refractivity (Wildman–Crippen MR) is 87.3 cm³/mol. The van der Waals surface area contributed by atoms with E-state index >= 15 is 0 Å². The average Bonchev–Trinajstić information content (AvgIpc) is 2.60. The van der Waals surface area contributed by atoms with Crippen LogP contribution in [-0.2, 0) is 14.8 Å². The topological polar surface area (TPSA) is 79.0 Å². The summed E-state index contributed by atoms with van der Waals surface area (Å²) >= 11 is 0. The molecule has 0 spiro atoms. The van der Waals surface area contributed by atoms with Gasteiger partial charge in [0.05, 0.1) is 18.6 Å². The quantitative estimate of drug-likeness (QED) is 0.767. The van der Waals surface area contributed by atoms with Gasteiger partial charge in [-0.15, -0.1) is 0 Å². The molecule has 1 aromatic carbocycles. The van der Waals surface area contributed by atoms with Crippen molar-refractivity contribution in [3.63, 3.8) is 0 Å². The van der Waals surface area contributed by atoms with Gasteiger partial charge in [0, 0.05) is 26.2 Å². The molecule has 0 atom stereocenters. The summed E-state index contributed by atoms with van der Waals surface area (Å²) in [5.74, 6) is -0.201. The first-order valence-electron chi connectivity index (χ1n) is 7.82. The number of nitrogens with one attached hydrogen (secondary N) is 1. The van der Waals surface area contributed by atoms with Crippen molar-refractivity contribution in [1.29, 1.82) is 0 Å². The van der Waals surface area contributed by atoms with E-state index < -0.39 is 28.7 Å². The number of nitrogens with zero attached hydrogens (tertiary/aromatic N) is 2. The molecule has 1 heterocycles. The highest BCUT2D eigenvalue weighted by molar-refractivity contribution is 7.89. The van der Waals surface area contributed by atoms with Crippen LogP contribution in [0.5, 0.6) is 5.75 Å². The summed E-state index contributed by atoms with van der Waals surface area (Å²) < 4.78 is 67.7. The Morgan fingerprint density at radius 2 is 1.73 bits per heavy atom. The molecular weight excluding hydrogens is 375 g/mol. The molecule has 26 heavy (non-hydrogen) atoms. The summed E-state index contributed by atoms with van der Waals surface area (Å²) in [7, 11) is -2.19. The highest BCUT2D eigenvalue weighted by Gasteiger charge is 2.30. The fraction of sp³-hybridized carbons (Fsp3) is 0.533. The molecule has 0 radical (unpaired) electrons. The lowest BCUT2D eigenvalue weighted by molar-refractivity contribution is -0.139. The second kappa shape index (κ2) is 8.23. The van der Waals surface area contributed by atoms with Crippen LogP contribution in [0.25, 0.3) is 0 Å². The molecule has 146 valence electrons. The zero-order chi connectivity index (χ0) is 19.4. The second-order valence-electron chi connectivity index (χ2n) is 5.75. The monoisotopic (exact) mass is 395 g/mol. The van der Waals surface area contributed by atoms with E-state index in [-0.39, 0.29) is 37.6 Å². The van der Waals surface area contributed by atoms with E-state index in [1.807, 2.05) is 0 Å². The number of benzene rings is 1. The van der Waals surface area contributed by atoms with Gasteiger partial charge in [-0.2, -0.15) is 17.5 Å². The highest BCUT2D eigenvalue weighted by Crippen LogP contribution is 2.20. The van der Waals surface area contributed by atoms with Crippen LogP contribution >= 0.6 is 0 Å². The average molecular weight is 395 g/mol. The molecule has 1 aromatic rings. The van der Waals surface area contributed by atoms with Crippen LogP contribution in [0.1, 0.15) is 0 Å². The largest absolute Gasteiger partial charge is 0.497 e. The molecule has 1 saturated heterocycles. The molecule has 1 amide bonds. The Morgan fingerprint density at radius 3 is 2.23 bits per heavy atom. The number of rotatable bonds is 6. The molecule has 7 nitrogen and oxygen atoms in total. The fourth-order valence-corrected chi connectivity index (χ4v) is 3.90. The van der Waals surface area contributed by atoms with E-state index in [9.17, 15) is 26.4 Å². The number of halogens is 3. The van der Waals surface area contributed by atoms with E-state index in [0.29, 0.717) is 5.75 Å². The van der Waals surface area contributed by atoms with Gasteiger partial charge in [0.25, 0.3) is 0 Å². The lowest BCUT2D eigenvalue weighted by Crippen LogP contribution is -2.51. The molecule has 1 N–H and O–H groups in total. The summed E-state index contributed by atoms with van der Waals surface area (Å²) in [5, 5.41) is 1.80. The number of hydrogen-bond acceptors (Lipinski definition) is 5. The number of ether oxygens (including phenoxy) is 1. The fourth-order valence-electron chi connectivity index (χ4n) is 2.48. The smallest absolute Gasteiger partial charge is 0.405 e. The van der Waals surface area contributed by atoms with Crippen molar-refractivity contribution in [2.75, 3.05) is 46.4 Å². The van der Waals surface area contributed by atoms with Crippen LogP contribution in [0.4, 0.5) is 13.2 Å². The van der Waals surface area contributed by atoms with Crippen molar-refractivity contribution in [3.05, 3.63) is 24.3 Å². The number of sulfonamides is 1. The first-order valence-corrected chi connectivity index (χ1v) is 9.26.